The number of nitrogens with one attached hydrogen (secondary N) is 1. The smallest absolute Gasteiger partial charge is 0.0605 e. The zero-order valence-corrected chi connectivity index (χ0v) is 13.1. The number of nitrogens with zero attached hydrogens (tertiary/aromatic N) is 1. The fourth-order valence-corrected chi connectivity index (χ4v) is 2.68. The molecular weight excluding hydrogens is 248 g/mol. The van der Waals surface area contributed by atoms with Gasteiger partial charge in [-0.25, -0.2) is 0 Å². The molecule has 0 bridgehead atoms. The molecule has 1 aliphatic heterocycles. The Morgan fingerprint density at radius 1 is 1.20 bits per heavy atom. The number of anilines is 1. The van der Waals surface area contributed by atoms with Gasteiger partial charge in [0.2, 0.25) is 0 Å². The Balaban J connectivity index is 1.82. The molecule has 0 radical (unpaired) electrons. The van der Waals surface area contributed by atoms with Gasteiger partial charge >= 0.3 is 0 Å². The molecule has 0 aliphatic carbocycles. The van der Waals surface area contributed by atoms with Crippen molar-refractivity contribution in [2.75, 3.05) is 31.6 Å². The average molecular weight is 276 g/mol. The predicted octanol–water partition coefficient (Wildman–Crippen LogP) is 3.05. The third-order valence-corrected chi connectivity index (χ3v) is 3.96. The van der Waals surface area contributed by atoms with Crippen LogP contribution in [0.2, 0.25) is 0 Å². The summed E-state index contributed by atoms with van der Waals surface area (Å²) in [5.74, 6) is 0.705. The number of ether oxygens (including phenoxy) is 1. The highest BCUT2D eigenvalue weighted by Gasteiger charge is 2.18. The van der Waals surface area contributed by atoms with Crippen LogP contribution in [0.4, 0.5) is 5.69 Å². The van der Waals surface area contributed by atoms with E-state index in [0.717, 1.165) is 39.0 Å². The van der Waals surface area contributed by atoms with Gasteiger partial charge < -0.3 is 15.0 Å². The zero-order valence-electron chi connectivity index (χ0n) is 13.1. The maximum Gasteiger partial charge on any atom is 0.0605 e. The Labute approximate surface area is 123 Å². The summed E-state index contributed by atoms with van der Waals surface area (Å²) in [6.45, 7) is 8.71. The summed E-state index contributed by atoms with van der Waals surface area (Å²) in [7, 11) is 1.82. The molecule has 1 aromatic carbocycles. The van der Waals surface area contributed by atoms with E-state index in [-0.39, 0.29) is 0 Å². The predicted molar refractivity (Wildman–Crippen MR) is 85.2 cm³/mol. The topological polar surface area (TPSA) is 24.5 Å². The molecule has 0 unspecified atom stereocenters. The van der Waals surface area contributed by atoms with E-state index in [4.69, 9.17) is 4.74 Å². The van der Waals surface area contributed by atoms with E-state index in [2.05, 4.69) is 48.3 Å². The Morgan fingerprint density at radius 2 is 1.85 bits per heavy atom. The molecule has 0 aromatic heterocycles. The monoisotopic (exact) mass is 276 g/mol. The van der Waals surface area contributed by atoms with Crippen molar-refractivity contribution in [3.63, 3.8) is 0 Å². The van der Waals surface area contributed by atoms with Gasteiger partial charge in [-0.05, 0) is 43.0 Å². The first-order valence-electron chi connectivity index (χ1n) is 7.76. The molecule has 3 nitrogen and oxygen atoms in total. The molecular formula is C17H28N2O. The van der Waals surface area contributed by atoms with E-state index in [1.54, 1.807) is 0 Å². The summed E-state index contributed by atoms with van der Waals surface area (Å²) in [4.78, 5) is 2.46. The van der Waals surface area contributed by atoms with Gasteiger partial charge in [0.1, 0.15) is 0 Å². The largest absolute Gasteiger partial charge is 0.381 e. The minimum atomic E-state index is 0.450. The maximum absolute atomic E-state index is 5.42. The SMILES string of the molecule is COC1CCN(c2ccc(CNCC(C)C)cc2)CC1. The number of piperidine rings is 1. The first-order chi connectivity index (χ1) is 9.69. The quantitative estimate of drug-likeness (QED) is 0.864. The molecule has 1 aromatic rings. The Kier molecular flexibility index (Phi) is 5.86. The summed E-state index contributed by atoms with van der Waals surface area (Å²) in [5.41, 5.74) is 2.70. The number of hydrogen-bond donors (Lipinski definition) is 1. The molecule has 3 heteroatoms. The molecule has 0 spiro atoms. The average Bonchev–Trinajstić information content (AvgIpc) is 2.48. The molecule has 1 saturated heterocycles. The first-order valence-corrected chi connectivity index (χ1v) is 7.76. The lowest BCUT2D eigenvalue weighted by Gasteiger charge is -2.33. The fourth-order valence-electron chi connectivity index (χ4n) is 2.68. The van der Waals surface area contributed by atoms with Crippen molar-refractivity contribution in [3.8, 4) is 0 Å². The van der Waals surface area contributed by atoms with Gasteiger partial charge in [0.05, 0.1) is 6.10 Å². The second-order valence-corrected chi connectivity index (χ2v) is 6.11. The van der Waals surface area contributed by atoms with Crippen molar-refractivity contribution in [1.82, 2.24) is 5.32 Å². The standard InChI is InChI=1S/C17H28N2O/c1-14(2)12-18-13-15-4-6-16(7-5-15)19-10-8-17(20-3)9-11-19/h4-7,14,17-18H,8-13H2,1-3H3. The maximum atomic E-state index is 5.42. The van der Waals surface area contributed by atoms with Crippen LogP contribution < -0.4 is 10.2 Å². The van der Waals surface area contributed by atoms with Gasteiger partial charge in [-0.15, -0.1) is 0 Å². The van der Waals surface area contributed by atoms with Crippen molar-refractivity contribution < 1.29 is 4.74 Å². The molecule has 2 rings (SSSR count). The molecule has 1 heterocycles. The molecule has 1 N–H and O–H groups in total. The lowest BCUT2D eigenvalue weighted by Crippen LogP contribution is -2.36. The molecule has 0 saturated carbocycles. The van der Waals surface area contributed by atoms with Crippen LogP contribution >= 0.6 is 0 Å². The first kappa shape index (κ1) is 15.3. The molecule has 0 amide bonds. The minimum absolute atomic E-state index is 0.450. The fraction of sp³-hybridized carbons (Fsp3) is 0.647. The van der Waals surface area contributed by atoms with Crippen molar-refractivity contribution in [3.05, 3.63) is 29.8 Å². The third kappa shape index (κ3) is 4.50. The Hall–Kier alpha value is -1.06. The van der Waals surface area contributed by atoms with Gasteiger partial charge in [0, 0.05) is 32.4 Å². The van der Waals surface area contributed by atoms with Crippen LogP contribution in [0.1, 0.15) is 32.3 Å². The molecule has 0 atom stereocenters. The highest BCUT2D eigenvalue weighted by Crippen LogP contribution is 2.21. The number of methoxy groups -OCH3 is 1. The van der Waals surface area contributed by atoms with E-state index in [9.17, 15) is 0 Å². The molecule has 20 heavy (non-hydrogen) atoms. The van der Waals surface area contributed by atoms with E-state index in [1.807, 2.05) is 7.11 Å². The third-order valence-electron chi connectivity index (χ3n) is 3.96. The number of rotatable bonds is 6. The van der Waals surface area contributed by atoms with E-state index in [0.29, 0.717) is 12.0 Å². The van der Waals surface area contributed by atoms with Crippen molar-refractivity contribution in [2.24, 2.45) is 5.92 Å². The van der Waals surface area contributed by atoms with E-state index >= 15 is 0 Å². The van der Waals surface area contributed by atoms with Crippen LogP contribution in [0.25, 0.3) is 0 Å². The molecule has 112 valence electrons. The van der Waals surface area contributed by atoms with Crippen LogP contribution in [0.15, 0.2) is 24.3 Å². The lowest BCUT2D eigenvalue weighted by atomic mass is 10.1. The molecule has 1 fully saturated rings. The van der Waals surface area contributed by atoms with Gasteiger partial charge in [-0.3, -0.25) is 0 Å². The van der Waals surface area contributed by atoms with Gasteiger partial charge in [0.25, 0.3) is 0 Å². The second-order valence-electron chi connectivity index (χ2n) is 6.11. The van der Waals surface area contributed by atoms with Gasteiger partial charge in [-0.1, -0.05) is 26.0 Å². The Bertz CT molecular complexity index is 380. The highest BCUT2D eigenvalue weighted by atomic mass is 16.5. The van der Waals surface area contributed by atoms with Crippen molar-refractivity contribution in [2.45, 2.75) is 39.3 Å². The van der Waals surface area contributed by atoms with Crippen molar-refractivity contribution >= 4 is 5.69 Å². The summed E-state index contributed by atoms with van der Waals surface area (Å²) in [6, 6.07) is 8.98. The summed E-state index contributed by atoms with van der Waals surface area (Å²) in [6.07, 6.45) is 2.72. The zero-order chi connectivity index (χ0) is 14.4. The van der Waals surface area contributed by atoms with Crippen LogP contribution in [0, 0.1) is 5.92 Å². The summed E-state index contributed by atoms with van der Waals surface area (Å²) < 4.78 is 5.42. The Morgan fingerprint density at radius 3 is 2.40 bits per heavy atom. The summed E-state index contributed by atoms with van der Waals surface area (Å²) in [5, 5.41) is 3.48. The van der Waals surface area contributed by atoms with Gasteiger partial charge in [0.15, 0.2) is 0 Å². The second kappa shape index (κ2) is 7.65. The summed E-state index contributed by atoms with van der Waals surface area (Å²) >= 11 is 0. The van der Waals surface area contributed by atoms with E-state index in [1.165, 1.54) is 11.3 Å². The molecule has 1 aliphatic rings. The van der Waals surface area contributed by atoms with Crippen LogP contribution in [-0.4, -0.2) is 32.8 Å². The van der Waals surface area contributed by atoms with Crippen LogP contribution in [-0.2, 0) is 11.3 Å². The van der Waals surface area contributed by atoms with Gasteiger partial charge in [-0.2, -0.15) is 0 Å². The lowest BCUT2D eigenvalue weighted by molar-refractivity contribution is 0.0819. The van der Waals surface area contributed by atoms with E-state index < -0.39 is 0 Å². The number of hydrogen-bond acceptors (Lipinski definition) is 3. The van der Waals surface area contributed by atoms with Crippen LogP contribution in [0.5, 0.6) is 0 Å². The minimum Gasteiger partial charge on any atom is -0.381 e. The highest BCUT2D eigenvalue weighted by molar-refractivity contribution is 5.48. The normalized spacial score (nSPS) is 16.9. The number of benzene rings is 1. The van der Waals surface area contributed by atoms with Crippen molar-refractivity contribution in [1.29, 1.82) is 0 Å². The van der Waals surface area contributed by atoms with Crippen LogP contribution in [0.3, 0.4) is 0 Å².